The zero-order valence-electron chi connectivity index (χ0n) is 11.2. The monoisotopic (exact) mass is 270 g/mol. The summed E-state index contributed by atoms with van der Waals surface area (Å²) in [5.74, 6) is 1.75. The van der Waals surface area contributed by atoms with Crippen LogP contribution in [0.15, 0.2) is 12.1 Å². The second-order valence-corrected chi connectivity index (χ2v) is 4.78. The Kier molecular flexibility index (Phi) is 5.48. The normalized spacial score (nSPS) is 12.1. The molecule has 0 bridgehead atoms. The molecular formula is C14H19ClO3. The maximum absolute atomic E-state index is 11.0. The van der Waals surface area contributed by atoms with E-state index >= 15 is 0 Å². The first-order chi connectivity index (χ1) is 8.49. The lowest BCUT2D eigenvalue weighted by Crippen LogP contribution is -2.01. The molecule has 0 saturated carbocycles. The van der Waals surface area contributed by atoms with Crippen LogP contribution in [-0.2, 0) is 4.79 Å². The number of ketones is 1. The Balaban J connectivity index is 2.99. The predicted octanol–water partition coefficient (Wildman–Crippen LogP) is 3.83. The number of methoxy groups -OCH3 is 2. The summed E-state index contributed by atoms with van der Waals surface area (Å²) in [5, 5.41) is 0.558. The average molecular weight is 271 g/mol. The van der Waals surface area contributed by atoms with Crippen molar-refractivity contribution in [3.05, 3.63) is 22.7 Å². The summed E-state index contributed by atoms with van der Waals surface area (Å²) in [4.78, 5) is 11.0. The molecule has 100 valence electrons. The summed E-state index contributed by atoms with van der Waals surface area (Å²) >= 11 is 6.12. The Bertz CT molecular complexity index is 429. The second kappa shape index (κ2) is 6.64. The SMILES string of the molecule is COc1cc(OC)c(C(C)CCC(C)=O)cc1Cl. The van der Waals surface area contributed by atoms with Crippen LogP contribution in [0.3, 0.4) is 0 Å². The number of Topliss-reactive ketones (excluding diaryl/α,β-unsaturated/α-hetero) is 1. The first kappa shape index (κ1) is 14.8. The molecule has 1 unspecified atom stereocenters. The van der Waals surface area contributed by atoms with E-state index in [-0.39, 0.29) is 11.7 Å². The number of benzene rings is 1. The molecular weight excluding hydrogens is 252 g/mol. The van der Waals surface area contributed by atoms with Gasteiger partial charge in [0.1, 0.15) is 17.3 Å². The van der Waals surface area contributed by atoms with Crippen molar-refractivity contribution in [2.45, 2.75) is 32.6 Å². The fourth-order valence-electron chi connectivity index (χ4n) is 1.84. The molecule has 0 fully saturated rings. The standard InChI is InChI=1S/C14H19ClO3/c1-9(5-6-10(2)16)11-7-12(15)14(18-4)8-13(11)17-3/h7-9H,5-6H2,1-4H3. The molecule has 0 N–H and O–H groups in total. The first-order valence-corrected chi connectivity index (χ1v) is 6.28. The minimum absolute atomic E-state index is 0.195. The highest BCUT2D eigenvalue weighted by Crippen LogP contribution is 2.37. The third-order valence-corrected chi connectivity index (χ3v) is 3.26. The Morgan fingerprint density at radius 1 is 1.28 bits per heavy atom. The van der Waals surface area contributed by atoms with Gasteiger partial charge in [0, 0.05) is 12.5 Å². The van der Waals surface area contributed by atoms with Crippen molar-refractivity contribution in [2.24, 2.45) is 0 Å². The van der Waals surface area contributed by atoms with Gasteiger partial charge in [0.25, 0.3) is 0 Å². The third-order valence-electron chi connectivity index (χ3n) is 2.96. The Morgan fingerprint density at radius 2 is 1.89 bits per heavy atom. The summed E-state index contributed by atoms with van der Waals surface area (Å²) < 4.78 is 10.5. The highest BCUT2D eigenvalue weighted by atomic mass is 35.5. The summed E-state index contributed by atoms with van der Waals surface area (Å²) in [6.45, 7) is 3.66. The van der Waals surface area contributed by atoms with Gasteiger partial charge in [-0.15, -0.1) is 0 Å². The summed E-state index contributed by atoms with van der Waals surface area (Å²) in [5.41, 5.74) is 1.00. The molecule has 1 aromatic carbocycles. The molecule has 0 amide bonds. The number of carbonyl (C=O) groups is 1. The summed E-state index contributed by atoms with van der Waals surface area (Å²) in [6.07, 6.45) is 1.35. The third kappa shape index (κ3) is 3.64. The lowest BCUT2D eigenvalue weighted by atomic mass is 9.94. The molecule has 0 spiro atoms. The van der Waals surface area contributed by atoms with Crippen molar-refractivity contribution < 1.29 is 14.3 Å². The molecule has 0 aliphatic carbocycles. The molecule has 0 aliphatic rings. The molecule has 4 heteroatoms. The molecule has 1 aromatic rings. The maximum atomic E-state index is 11.0. The van der Waals surface area contributed by atoms with E-state index in [4.69, 9.17) is 21.1 Å². The minimum atomic E-state index is 0.195. The predicted molar refractivity (Wildman–Crippen MR) is 72.9 cm³/mol. The van der Waals surface area contributed by atoms with Crippen LogP contribution in [0.4, 0.5) is 0 Å². The molecule has 0 heterocycles. The Hall–Kier alpha value is -1.22. The van der Waals surface area contributed by atoms with Crippen molar-refractivity contribution in [3.63, 3.8) is 0 Å². The van der Waals surface area contributed by atoms with Gasteiger partial charge in [0.05, 0.1) is 19.2 Å². The quantitative estimate of drug-likeness (QED) is 0.788. The van der Waals surface area contributed by atoms with E-state index in [0.29, 0.717) is 17.2 Å². The molecule has 3 nitrogen and oxygen atoms in total. The van der Waals surface area contributed by atoms with Crippen LogP contribution in [0, 0.1) is 0 Å². The van der Waals surface area contributed by atoms with Crippen LogP contribution in [0.2, 0.25) is 5.02 Å². The van der Waals surface area contributed by atoms with E-state index in [1.165, 1.54) is 0 Å². The molecule has 0 aliphatic heterocycles. The van der Waals surface area contributed by atoms with E-state index in [9.17, 15) is 4.79 Å². The second-order valence-electron chi connectivity index (χ2n) is 4.37. The highest BCUT2D eigenvalue weighted by molar-refractivity contribution is 6.32. The number of rotatable bonds is 6. The minimum Gasteiger partial charge on any atom is -0.496 e. The number of halogens is 1. The zero-order chi connectivity index (χ0) is 13.7. The molecule has 0 saturated heterocycles. The topological polar surface area (TPSA) is 35.5 Å². The van der Waals surface area contributed by atoms with E-state index in [0.717, 1.165) is 17.7 Å². The fourth-order valence-corrected chi connectivity index (χ4v) is 2.09. The summed E-state index contributed by atoms with van der Waals surface area (Å²) in [7, 11) is 3.18. The fraction of sp³-hybridized carbons (Fsp3) is 0.500. The molecule has 18 heavy (non-hydrogen) atoms. The van der Waals surface area contributed by atoms with Crippen LogP contribution in [-0.4, -0.2) is 20.0 Å². The van der Waals surface area contributed by atoms with Gasteiger partial charge in [-0.1, -0.05) is 18.5 Å². The number of carbonyl (C=O) groups excluding carboxylic acids is 1. The largest absolute Gasteiger partial charge is 0.496 e. The Labute approximate surface area is 113 Å². The van der Waals surface area contributed by atoms with E-state index in [1.807, 2.05) is 6.07 Å². The Morgan fingerprint density at radius 3 is 2.39 bits per heavy atom. The number of ether oxygens (including phenoxy) is 2. The van der Waals surface area contributed by atoms with E-state index in [1.54, 1.807) is 27.2 Å². The van der Waals surface area contributed by atoms with Gasteiger partial charge in [0.2, 0.25) is 0 Å². The van der Waals surface area contributed by atoms with Gasteiger partial charge in [-0.25, -0.2) is 0 Å². The van der Waals surface area contributed by atoms with Gasteiger partial charge in [-0.3, -0.25) is 0 Å². The van der Waals surface area contributed by atoms with Gasteiger partial charge < -0.3 is 14.3 Å². The van der Waals surface area contributed by atoms with E-state index < -0.39 is 0 Å². The number of hydrogen-bond donors (Lipinski definition) is 0. The zero-order valence-corrected chi connectivity index (χ0v) is 12.0. The summed E-state index contributed by atoms with van der Waals surface area (Å²) in [6, 6.07) is 3.63. The van der Waals surface area contributed by atoms with Crippen molar-refractivity contribution >= 4 is 17.4 Å². The highest BCUT2D eigenvalue weighted by Gasteiger charge is 2.15. The maximum Gasteiger partial charge on any atom is 0.141 e. The van der Waals surface area contributed by atoms with Gasteiger partial charge in [-0.05, 0) is 30.9 Å². The average Bonchev–Trinajstić information content (AvgIpc) is 2.35. The number of hydrogen-bond acceptors (Lipinski definition) is 3. The lowest BCUT2D eigenvalue weighted by molar-refractivity contribution is -0.117. The van der Waals surface area contributed by atoms with Crippen molar-refractivity contribution in [2.75, 3.05) is 14.2 Å². The molecule has 0 radical (unpaired) electrons. The van der Waals surface area contributed by atoms with Crippen LogP contribution >= 0.6 is 11.6 Å². The van der Waals surface area contributed by atoms with Crippen molar-refractivity contribution in [3.8, 4) is 11.5 Å². The smallest absolute Gasteiger partial charge is 0.141 e. The van der Waals surface area contributed by atoms with Crippen LogP contribution < -0.4 is 9.47 Å². The van der Waals surface area contributed by atoms with Gasteiger partial charge in [-0.2, -0.15) is 0 Å². The van der Waals surface area contributed by atoms with Crippen LogP contribution in [0.1, 0.15) is 38.2 Å². The van der Waals surface area contributed by atoms with Crippen molar-refractivity contribution in [1.29, 1.82) is 0 Å². The van der Waals surface area contributed by atoms with Crippen LogP contribution in [0.5, 0.6) is 11.5 Å². The van der Waals surface area contributed by atoms with E-state index in [2.05, 4.69) is 6.92 Å². The molecule has 1 rings (SSSR count). The van der Waals surface area contributed by atoms with Crippen LogP contribution in [0.25, 0.3) is 0 Å². The van der Waals surface area contributed by atoms with Crippen molar-refractivity contribution in [1.82, 2.24) is 0 Å². The first-order valence-electron chi connectivity index (χ1n) is 5.90. The van der Waals surface area contributed by atoms with Gasteiger partial charge >= 0.3 is 0 Å². The van der Waals surface area contributed by atoms with Gasteiger partial charge in [0.15, 0.2) is 0 Å². The lowest BCUT2D eigenvalue weighted by Gasteiger charge is -2.17. The molecule has 0 aromatic heterocycles. The molecule has 1 atom stereocenters.